The Bertz CT molecular complexity index is 798. The average Bonchev–Trinajstić information content (AvgIpc) is 2.79. The van der Waals surface area contributed by atoms with Crippen LogP contribution in [0.3, 0.4) is 0 Å². The van der Waals surface area contributed by atoms with E-state index in [1.165, 1.54) is 38.5 Å². The Morgan fingerprint density at radius 1 is 0.900 bits per heavy atom. The summed E-state index contributed by atoms with van der Waals surface area (Å²) >= 11 is 0. The molecule has 0 aromatic rings. The fourth-order valence-electron chi connectivity index (χ4n) is 9.25. The lowest BCUT2D eigenvalue weighted by Crippen LogP contribution is -2.71. The number of aliphatic hydroxyl groups excluding tert-OH is 4. The molecule has 8 nitrogen and oxygen atoms in total. The molecular weight excluding hydrogens is 532 g/mol. The van der Waals surface area contributed by atoms with Crippen LogP contribution in [0.1, 0.15) is 98.8 Å². The minimum Gasteiger partial charge on any atom is -0.395 e. The van der Waals surface area contributed by atoms with Gasteiger partial charge in [-0.2, -0.15) is 0 Å². The molecule has 0 aromatic carbocycles. The molecule has 0 unspecified atom stereocenters. The van der Waals surface area contributed by atoms with E-state index in [4.69, 9.17) is 4.74 Å². The van der Waals surface area contributed by atoms with Crippen molar-refractivity contribution in [1.29, 1.82) is 0 Å². The van der Waals surface area contributed by atoms with E-state index in [1.807, 2.05) is 13.8 Å². The summed E-state index contributed by atoms with van der Waals surface area (Å²) in [6.07, 6.45) is 7.36. The summed E-state index contributed by atoms with van der Waals surface area (Å²) in [4.78, 5) is 15.2. The molecule has 1 saturated heterocycles. The largest absolute Gasteiger partial charge is 0.395 e. The Morgan fingerprint density at radius 3 is 2.00 bits per heavy atom. The molecule has 9 heteroatoms. The first kappa shape index (κ1) is 34.0. The molecule has 4 bridgehead atoms. The van der Waals surface area contributed by atoms with Crippen LogP contribution in [0.15, 0.2) is 0 Å². The number of amides is 1. The van der Waals surface area contributed by atoms with E-state index in [-0.39, 0.29) is 23.7 Å². The molecule has 40 heavy (non-hydrogen) atoms. The molecular formula is C31H57ClN2O6. The van der Waals surface area contributed by atoms with Gasteiger partial charge in [0.2, 0.25) is 5.91 Å². The maximum atomic E-state index is 13.5. The molecule has 1 amide bonds. The summed E-state index contributed by atoms with van der Waals surface area (Å²) < 4.78 is 6.22. The van der Waals surface area contributed by atoms with E-state index in [0.717, 1.165) is 56.7 Å². The quantitative estimate of drug-likeness (QED) is 0.222. The van der Waals surface area contributed by atoms with Gasteiger partial charge < -0.3 is 30.5 Å². The topological polar surface area (TPSA) is 122 Å². The molecule has 5 fully saturated rings. The number of aliphatic hydroxyl groups is 4. The SMILES string of the molecule is CC(C)(C)CC(C)(C)NC(=O)[C@H]1[C@H](O)[C@@H](O)[C@H](O)[C@H](CO)N1CCCCCOCC12CC3CC(CC(C3)C1)C2.Cl. The van der Waals surface area contributed by atoms with Crippen LogP contribution in [0.2, 0.25) is 0 Å². The standard InChI is InChI=1S/C31H56N2O6.ClH/c1-29(2,3)18-30(4,5)32-28(38)24-26(36)27(37)25(35)23(17-34)33(24)9-7-6-8-10-39-19-31-14-20-11-21(15-31)13-22(12-20)16-31;/h20-27,34-37H,6-19H2,1-5H3,(H,32,38);1H/t20?,21?,22?,23-,24+,25+,26-,27-,31?;/m0./s1. The van der Waals surface area contributed by atoms with Crippen molar-refractivity contribution in [1.82, 2.24) is 10.2 Å². The number of carbonyl (C=O) groups excluding carboxylic acids is 1. The normalized spacial score (nSPS) is 37.8. The summed E-state index contributed by atoms with van der Waals surface area (Å²) in [6.45, 7) is 11.9. The van der Waals surface area contributed by atoms with Gasteiger partial charge in [-0.25, -0.2) is 0 Å². The minimum atomic E-state index is -1.50. The summed E-state index contributed by atoms with van der Waals surface area (Å²) in [5.74, 6) is 2.40. The number of carbonyl (C=O) groups is 1. The number of rotatable bonds is 12. The van der Waals surface area contributed by atoms with Gasteiger partial charge in [-0.15, -0.1) is 12.4 Å². The Hall–Kier alpha value is -0.480. The van der Waals surface area contributed by atoms with Gasteiger partial charge in [0.25, 0.3) is 0 Å². The first-order chi connectivity index (χ1) is 18.2. The zero-order chi connectivity index (χ0) is 28.6. The van der Waals surface area contributed by atoms with Gasteiger partial charge in [-0.3, -0.25) is 9.69 Å². The van der Waals surface area contributed by atoms with Gasteiger partial charge in [-0.05, 0) is 113 Å². The van der Waals surface area contributed by atoms with Crippen molar-refractivity contribution in [3.8, 4) is 0 Å². The third-order valence-corrected chi connectivity index (χ3v) is 9.87. The highest BCUT2D eigenvalue weighted by molar-refractivity contribution is 5.85. The maximum absolute atomic E-state index is 13.5. The fraction of sp³-hybridized carbons (Fsp3) is 0.968. The Morgan fingerprint density at radius 2 is 1.48 bits per heavy atom. The van der Waals surface area contributed by atoms with Gasteiger partial charge in [0, 0.05) is 12.1 Å². The number of unbranched alkanes of at least 4 members (excludes halogenated alkanes) is 2. The number of hydrogen-bond donors (Lipinski definition) is 5. The first-order valence-electron chi connectivity index (χ1n) is 15.5. The van der Waals surface area contributed by atoms with Gasteiger partial charge in [0.1, 0.15) is 24.4 Å². The van der Waals surface area contributed by atoms with E-state index >= 15 is 0 Å². The molecule has 0 radical (unpaired) electrons. The highest BCUT2D eigenvalue weighted by atomic mass is 35.5. The van der Waals surface area contributed by atoms with Crippen LogP contribution in [0.25, 0.3) is 0 Å². The average molecular weight is 589 g/mol. The second-order valence-corrected chi connectivity index (χ2v) is 15.5. The fourth-order valence-corrected chi connectivity index (χ4v) is 9.25. The van der Waals surface area contributed by atoms with Crippen LogP contribution in [-0.4, -0.2) is 93.5 Å². The van der Waals surface area contributed by atoms with Crippen molar-refractivity contribution in [2.45, 2.75) is 135 Å². The molecule has 5 aliphatic rings. The Balaban J connectivity index is 0.00000441. The van der Waals surface area contributed by atoms with E-state index in [1.54, 1.807) is 4.90 Å². The van der Waals surface area contributed by atoms with Crippen molar-refractivity contribution in [3.63, 3.8) is 0 Å². The second-order valence-electron chi connectivity index (χ2n) is 15.5. The lowest BCUT2D eigenvalue weighted by Gasteiger charge is -2.56. The highest BCUT2D eigenvalue weighted by Crippen LogP contribution is 2.60. The molecule has 1 aliphatic heterocycles. The lowest BCUT2D eigenvalue weighted by atomic mass is 9.50. The van der Waals surface area contributed by atoms with Crippen molar-refractivity contribution < 1.29 is 30.0 Å². The Labute approximate surface area is 248 Å². The van der Waals surface area contributed by atoms with E-state index in [9.17, 15) is 25.2 Å². The maximum Gasteiger partial charge on any atom is 0.240 e. The van der Waals surface area contributed by atoms with Gasteiger partial charge >= 0.3 is 0 Å². The molecule has 4 aliphatic carbocycles. The zero-order valence-corrected chi connectivity index (χ0v) is 26.3. The molecule has 0 aromatic heterocycles. The molecule has 4 saturated carbocycles. The van der Waals surface area contributed by atoms with Gasteiger partial charge in [-0.1, -0.05) is 20.8 Å². The lowest BCUT2D eigenvalue weighted by molar-refractivity contribution is -0.179. The van der Waals surface area contributed by atoms with Crippen LogP contribution in [0.4, 0.5) is 0 Å². The predicted octanol–water partition coefficient (Wildman–Crippen LogP) is 3.27. The number of hydrogen-bond acceptors (Lipinski definition) is 7. The van der Waals surface area contributed by atoms with Crippen molar-refractivity contribution in [2.75, 3.05) is 26.4 Å². The van der Waals surface area contributed by atoms with E-state index in [2.05, 4.69) is 26.1 Å². The summed E-state index contributed by atoms with van der Waals surface area (Å²) in [6, 6.07) is -1.87. The molecule has 5 rings (SSSR count). The monoisotopic (exact) mass is 588 g/mol. The van der Waals surface area contributed by atoms with Crippen LogP contribution in [-0.2, 0) is 9.53 Å². The summed E-state index contributed by atoms with van der Waals surface area (Å²) in [5, 5.41) is 45.1. The number of nitrogens with one attached hydrogen (secondary N) is 1. The predicted molar refractivity (Wildman–Crippen MR) is 158 cm³/mol. The third kappa shape index (κ3) is 8.12. The van der Waals surface area contributed by atoms with Crippen LogP contribution < -0.4 is 5.32 Å². The van der Waals surface area contributed by atoms with Crippen LogP contribution in [0, 0.1) is 28.6 Å². The first-order valence-corrected chi connectivity index (χ1v) is 15.5. The smallest absolute Gasteiger partial charge is 0.240 e. The van der Waals surface area contributed by atoms with Crippen molar-refractivity contribution in [2.24, 2.45) is 28.6 Å². The van der Waals surface area contributed by atoms with Gasteiger partial charge in [0.15, 0.2) is 0 Å². The number of piperidine rings is 1. The van der Waals surface area contributed by atoms with Crippen molar-refractivity contribution in [3.05, 3.63) is 0 Å². The van der Waals surface area contributed by atoms with E-state index in [0.29, 0.717) is 12.0 Å². The second kappa shape index (κ2) is 13.4. The van der Waals surface area contributed by atoms with E-state index < -0.39 is 42.5 Å². The molecule has 0 spiro atoms. The molecule has 5 N–H and O–H groups in total. The van der Waals surface area contributed by atoms with Crippen LogP contribution >= 0.6 is 12.4 Å². The van der Waals surface area contributed by atoms with Gasteiger partial charge in [0.05, 0.1) is 19.3 Å². The van der Waals surface area contributed by atoms with Crippen LogP contribution in [0.5, 0.6) is 0 Å². The number of ether oxygens (including phenoxy) is 1. The summed E-state index contributed by atoms with van der Waals surface area (Å²) in [7, 11) is 0. The molecule has 234 valence electrons. The number of halogens is 1. The zero-order valence-electron chi connectivity index (χ0n) is 25.5. The number of likely N-dealkylation sites (tertiary alicyclic amines) is 1. The summed E-state index contributed by atoms with van der Waals surface area (Å²) in [5.41, 5.74) is -0.113. The van der Waals surface area contributed by atoms with Crippen molar-refractivity contribution >= 4 is 18.3 Å². The third-order valence-electron chi connectivity index (χ3n) is 9.87. The molecule has 5 atom stereocenters. The highest BCUT2D eigenvalue weighted by Gasteiger charge is 2.52. The molecule has 1 heterocycles. The number of nitrogens with zero attached hydrogens (tertiary/aromatic N) is 1. The minimum absolute atomic E-state index is 0. The Kier molecular flexibility index (Phi) is 11.4.